The van der Waals surface area contributed by atoms with Crippen LogP contribution < -0.4 is 63.9 Å². The summed E-state index contributed by atoms with van der Waals surface area (Å²) in [4.78, 5) is 13.8. The minimum Gasteiger partial charge on any atom is -0.261 e. The Labute approximate surface area is 579 Å². The molecule has 0 aliphatic carbocycles. The van der Waals surface area contributed by atoms with Crippen molar-refractivity contribution >= 4 is 7.98 Å². The Bertz CT molecular complexity index is 5590. The van der Waals surface area contributed by atoms with Gasteiger partial charge in [-0.2, -0.15) is 39.1 Å². The first-order valence-corrected chi connectivity index (χ1v) is 34.0. The minimum absolute atomic E-state index is 0.747. The first-order valence-electron chi connectivity index (χ1n) is 34.0. The molecule has 0 atom stereocenters. The molecule has 0 spiro atoms. The van der Waals surface area contributed by atoms with Gasteiger partial charge in [0.2, 0.25) is 86.5 Å². The SMILES string of the molecule is Cc1cc2n(n1)C[n+]1ccc[n+](C)c1-2.Cc1cc2n(n1)C[n+]1ccc[n+](C)c1-2.Cc1nc2c3n1C[n+]1ccc[n+](c1-3)C2.[B][n+]1ccc[n+]2c1-c1cc(C)nn1C2.c1c[n+]2c3[n+](c1)Cn1cnc(c1-3)C2.c1c[n+]2c3[n+](c1)Cn1ncc(c1-3)C2.c1ccc(-c2nc3c4n2C[n+]2ccc[n+](c2-4)C3)cc1. The normalized spacial score (nSPS) is 13.8. The van der Waals surface area contributed by atoms with Gasteiger partial charge in [-0.3, -0.25) is 13.7 Å². The molecule has 0 saturated heterocycles. The number of nitrogens with zero attached hydrogens (tertiary/aromatic N) is 28. The monoisotopic (exact) mass is 1340 g/mol. The molecule has 14 aromatic heterocycles. The lowest BCUT2D eigenvalue weighted by atomic mass is 10.2. The van der Waals surface area contributed by atoms with Crippen molar-refractivity contribution in [1.29, 1.82) is 0 Å². The topological polar surface area (TPSA) is 179 Å². The lowest BCUT2D eigenvalue weighted by molar-refractivity contribution is -0.796. The van der Waals surface area contributed by atoms with E-state index < -0.39 is 0 Å². The molecular weight excluding hydrogens is 1270 g/mol. The average Bonchev–Trinajstić information content (AvgIpc) is 1.56. The highest BCUT2D eigenvalue weighted by atomic mass is 15.4. The second kappa shape index (κ2) is 22.2. The molecule has 11 aliphatic heterocycles. The summed E-state index contributed by atoms with van der Waals surface area (Å²) in [6.45, 7) is 17.8. The van der Waals surface area contributed by atoms with Gasteiger partial charge in [0.1, 0.15) is 49.2 Å². The summed E-state index contributed by atoms with van der Waals surface area (Å²) in [5.74, 6) is 10.8. The number of aromatic nitrogens is 28. The van der Waals surface area contributed by atoms with Crippen molar-refractivity contribution in [2.75, 3.05) is 0 Å². The van der Waals surface area contributed by atoms with Crippen molar-refractivity contribution in [3.05, 3.63) is 236 Å². The summed E-state index contributed by atoms with van der Waals surface area (Å²) in [6, 6.07) is 31.1. The number of aryl methyl sites for hydroxylation is 6. The summed E-state index contributed by atoms with van der Waals surface area (Å²) in [5, 5.41) is 17.6. The van der Waals surface area contributed by atoms with Crippen LogP contribution in [-0.2, 0) is 87.0 Å². The highest BCUT2D eigenvalue weighted by Crippen LogP contribution is 2.34. The molecule has 25 heterocycles. The first-order chi connectivity index (χ1) is 49.4. The van der Waals surface area contributed by atoms with Gasteiger partial charge in [-0.15, -0.1) is 59.4 Å². The van der Waals surface area contributed by atoms with Crippen LogP contribution in [0, 0.1) is 27.7 Å². The van der Waals surface area contributed by atoms with E-state index in [0.29, 0.717) is 0 Å². The Hall–Kier alpha value is -12.7. The molecular formula is C72H71BN28+14. The van der Waals surface area contributed by atoms with E-state index in [0.717, 1.165) is 113 Å². The fourth-order valence-electron chi connectivity index (χ4n) is 16.3. The molecule has 2 radical (unpaired) electrons. The Morgan fingerprint density at radius 1 is 0.376 bits per heavy atom. The zero-order valence-electron chi connectivity index (χ0n) is 56.8. The Morgan fingerprint density at radius 3 is 1.39 bits per heavy atom. The maximum Gasteiger partial charge on any atom is 0.592 e. The van der Waals surface area contributed by atoms with E-state index in [4.69, 9.17) is 13.0 Å². The highest BCUT2D eigenvalue weighted by molar-refractivity contribution is 5.95. The summed E-state index contributed by atoms with van der Waals surface area (Å²) >= 11 is 0. The molecule has 0 saturated carbocycles. The van der Waals surface area contributed by atoms with Gasteiger partial charge in [-0.05, 0) is 27.7 Å². The number of imidazole rings is 3. The number of rotatable bonds is 1. The standard InChI is InChI=1S/C15H12N4.C10H10N4.2C10H12N4.C9H9BN4.2C9H8N4/c1-2-5-11(6-3-1)14-16-12-9-17-7-4-8-18-10-19(14)13(12)15(17)18;1-7-11-8-5-12-3-2-4-13-6-14(7)9(8)10(12)13;2*1-8-6-9-10-12(2)4-3-5-13(10)7-14(9)11-8;1-7-5-8-9-12(6-14(8)11-7)3-2-4-13(9)10;1-2-11-4-7-8-9(11)12(3-1)6-13(8)5-10-7;1-2-11-5-7-4-10-13-6-12(3-1)9(11)8(7)13/h1-8H,9-10H2;2-4H,5-6H2,1H3;2*3-6H,7H2,1-2H3;2-5H,6H2,1H3;1-3,5H,4,6H2;1-4H,5-6H2/q7*+2. The predicted molar refractivity (Wildman–Crippen MR) is 348 cm³/mol. The van der Waals surface area contributed by atoms with Crippen LogP contribution in [0.4, 0.5) is 0 Å². The van der Waals surface area contributed by atoms with Gasteiger partial charge in [0.15, 0.2) is 113 Å². The third kappa shape index (κ3) is 9.17. The van der Waals surface area contributed by atoms with Gasteiger partial charge in [-0.1, -0.05) is 30.3 Å². The maximum atomic E-state index is 5.85. The molecule has 101 heavy (non-hydrogen) atoms. The van der Waals surface area contributed by atoms with Crippen LogP contribution in [-0.4, -0.2) is 75.8 Å². The van der Waals surface area contributed by atoms with Gasteiger partial charge < -0.3 is 0 Å². The van der Waals surface area contributed by atoms with Crippen LogP contribution in [0.3, 0.4) is 0 Å². The highest BCUT2D eigenvalue weighted by Gasteiger charge is 2.50. The van der Waals surface area contributed by atoms with Crippen LogP contribution in [0.25, 0.3) is 92.0 Å². The maximum absolute atomic E-state index is 5.85. The molecule has 0 unspecified atom stereocenters. The largest absolute Gasteiger partial charge is 0.592 e. The van der Waals surface area contributed by atoms with E-state index in [-0.39, 0.29) is 0 Å². The number of hydrogen-bond acceptors (Lipinski definition) is 7. The molecule has 15 aromatic rings. The third-order valence-electron chi connectivity index (χ3n) is 20.4. The number of fused-ring (bicyclic) bond motifs is 9. The average molecular weight is 1340 g/mol. The second-order valence-electron chi connectivity index (χ2n) is 27.1. The number of hydrogen-bond donors (Lipinski definition) is 0. The van der Waals surface area contributed by atoms with Crippen LogP contribution in [0.1, 0.15) is 45.6 Å². The Balaban J connectivity index is 0.0000000795. The molecule has 1 aromatic carbocycles. The van der Waals surface area contributed by atoms with E-state index in [1.165, 1.54) is 97.3 Å². The van der Waals surface area contributed by atoms with Crippen molar-refractivity contribution in [2.45, 2.75) is 101 Å². The predicted octanol–water partition coefficient (Wildman–Crippen LogP) is -2.04. The molecule has 0 bridgehead atoms. The molecule has 0 amide bonds. The van der Waals surface area contributed by atoms with Crippen molar-refractivity contribution < 1.29 is 63.9 Å². The van der Waals surface area contributed by atoms with Crippen LogP contribution >= 0.6 is 0 Å². The van der Waals surface area contributed by atoms with Crippen LogP contribution in [0.5, 0.6) is 0 Å². The molecule has 29 heteroatoms. The fourth-order valence-corrected chi connectivity index (χ4v) is 16.3. The lowest BCUT2D eigenvalue weighted by Crippen LogP contribution is -2.47. The Kier molecular flexibility index (Phi) is 12.8. The van der Waals surface area contributed by atoms with Gasteiger partial charge in [0.05, 0.1) is 71.3 Å². The van der Waals surface area contributed by atoms with Crippen molar-refractivity contribution in [2.24, 2.45) is 14.1 Å². The van der Waals surface area contributed by atoms with E-state index in [1.54, 1.807) is 4.48 Å². The lowest BCUT2D eigenvalue weighted by Gasteiger charge is -2.00. The van der Waals surface area contributed by atoms with Crippen LogP contribution in [0.2, 0.25) is 0 Å². The van der Waals surface area contributed by atoms with E-state index in [1.807, 2.05) is 90.1 Å². The molecule has 0 fully saturated rings. The van der Waals surface area contributed by atoms with Gasteiger partial charge >= 0.3 is 48.8 Å². The molecule has 28 nitrogen and oxygen atoms in total. The van der Waals surface area contributed by atoms with E-state index in [9.17, 15) is 0 Å². The zero-order valence-corrected chi connectivity index (χ0v) is 56.8. The molecule has 26 rings (SSSR count). The van der Waals surface area contributed by atoms with E-state index >= 15 is 0 Å². The van der Waals surface area contributed by atoms with Gasteiger partial charge in [0, 0.05) is 23.8 Å². The first kappa shape index (κ1) is 58.5. The van der Waals surface area contributed by atoms with Crippen molar-refractivity contribution in [1.82, 2.24) is 67.8 Å². The quantitative estimate of drug-likeness (QED) is 0.134. The summed E-state index contributed by atoms with van der Waals surface area (Å²) in [7, 11) is 9.97. The van der Waals surface area contributed by atoms with Gasteiger partial charge in [-0.25, -0.2) is 19.4 Å². The summed E-state index contributed by atoms with van der Waals surface area (Å²) in [6.07, 6.45) is 33.0. The van der Waals surface area contributed by atoms with Crippen LogP contribution in [0.15, 0.2) is 190 Å². The molecule has 0 N–H and O–H groups in total. The molecule has 11 aliphatic rings. The Morgan fingerprint density at radius 2 is 0.802 bits per heavy atom. The van der Waals surface area contributed by atoms with E-state index in [2.05, 4.69) is 264 Å². The van der Waals surface area contributed by atoms with Crippen molar-refractivity contribution in [3.63, 3.8) is 0 Å². The molecule has 488 valence electrons. The van der Waals surface area contributed by atoms with Gasteiger partial charge in [0.25, 0.3) is 0 Å². The summed E-state index contributed by atoms with van der Waals surface area (Å²) < 4.78 is 45.4. The third-order valence-corrected chi connectivity index (χ3v) is 20.4. The smallest absolute Gasteiger partial charge is 0.261 e. The fraction of sp³-hybridized carbons (Fsp3) is 0.236. The zero-order chi connectivity index (χ0) is 67.6. The second-order valence-corrected chi connectivity index (χ2v) is 27.1. The minimum atomic E-state index is 0.747. The summed E-state index contributed by atoms with van der Waals surface area (Å²) in [5.41, 5.74) is 18.0. The van der Waals surface area contributed by atoms with Crippen molar-refractivity contribution in [3.8, 4) is 92.0 Å². The number of benzene rings is 1.